The van der Waals surface area contributed by atoms with Crippen LogP contribution >= 0.6 is 15.6 Å². The lowest BCUT2D eigenvalue weighted by Crippen LogP contribution is -2.08. The first-order chi connectivity index (χ1) is 28.8. The number of methoxy groups -OCH3 is 2. The van der Waals surface area contributed by atoms with Crippen molar-refractivity contribution in [2.24, 2.45) is 0 Å². The molecule has 0 spiro atoms. The molecule has 0 unspecified atom stereocenters. The first-order valence-electron chi connectivity index (χ1n) is 18.5. The van der Waals surface area contributed by atoms with Gasteiger partial charge in [0.1, 0.15) is 0 Å². The number of benzene rings is 6. The molecule has 0 radical (unpaired) electrons. The van der Waals surface area contributed by atoms with Crippen molar-refractivity contribution in [3.63, 3.8) is 0 Å². The Morgan fingerprint density at radius 3 is 1.39 bits per heavy atom. The highest BCUT2D eigenvalue weighted by Crippen LogP contribution is 2.60. The molecule has 304 valence electrons. The van der Waals surface area contributed by atoms with Crippen molar-refractivity contribution in [1.82, 2.24) is 0 Å². The van der Waals surface area contributed by atoms with Gasteiger partial charge >= 0.3 is 15.6 Å². The molecule has 6 aromatic carbocycles. The van der Waals surface area contributed by atoms with Crippen molar-refractivity contribution in [2.75, 3.05) is 21.0 Å². The fraction of sp³-hybridized carbons (Fsp3) is 0.156. The molecule has 1 aliphatic heterocycles. The van der Waals surface area contributed by atoms with Crippen LogP contribution in [-0.2, 0) is 53.7 Å². The van der Waals surface area contributed by atoms with Crippen LogP contribution in [0.5, 0.6) is 34.5 Å². The molecule has 0 aromatic heterocycles. The van der Waals surface area contributed by atoms with Crippen molar-refractivity contribution in [1.29, 1.82) is 0 Å². The van der Waals surface area contributed by atoms with E-state index in [0.717, 1.165) is 0 Å². The summed E-state index contributed by atoms with van der Waals surface area (Å²) in [6.07, 6.45) is 3.43. The van der Waals surface area contributed by atoms with Gasteiger partial charge < -0.3 is 28.0 Å². The molecule has 1 heterocycles. The molecule has 14 heteroatoms. The van der Waals surface area contributed by atoms with E-state index in [1.807, 2.05) is 121 Å². The summed E-state index contributed by atoms with van der Waals surface area (Å²) in [6, 6.07) is 43.4. The molecule has 0 saturated heterocycles. The number of rotatable bonds is 20. The van der Waals surface area contributed by atoms with Gasteiger partial charge in [0.15, 0.2) is 23.0 Å². The molecule has 0 atom stereocenters. The van der Waals surface area contributed by atoms with Gasteiger partial charge in [-0.15, -0.1) is 0 Å². The summed E-state index contributed by atoms with van der Waals surface area (Å²) in [5, 5.41) is 0. The third-order valence-corrected chi connectivity index (χ3v) is 11.4. The smallest absolute Gasteiger partial charge is 0.493 e. The van der Waals surface area contributed by atoms with E-state index in [4.69, 9.17) is 46.1 Å². The Labute approximate surface area is 343 Å². The zero-order valence-electron chi connectivity index (χ0n) is 32.3. The van der Waals surface area contributed by atoms with E-state index in [1.165, 1.54) is 14.2 Å². The zero-order valence-corrected chi connectivity index (χ0v) is 34.1. The Kier molecular flexibility index (Phi) is 13.8. The number of phosphoric acid groups is 2. The first kappa shape index (κ1) is 41.3. The Bertz CT molecular complexity index is 2320. The fourth-order valence-electron chi connectivity index (χ4n) is 5.78. The highest BCUT2D eigenvalue weighted by Gasteiger charge is 2.37. The van der Waals surface area contributed by atoms with Crippen LogP contribution in [0.4, 0.5) is 0 Å². The topological polar surface area (TPSA) is 126 Å². The molecular formula is C45H42O12P2. The second-order valence-electron chi connectivity index (χ2n) is 12.9. The number of phosphoric ester groups is 2. The van der Waals surface area contributed by atoms with Gasteiger partial charge in [0.2, 0.25) is 18.3 Å². The normalized spacial score (nSPS) is 12.4. The summed E-state index contributed by atoms with van der Waals surface area (Å²) < 4.78 is 89.0. The highest BCUT2D eigenvalue weighted by molar-refractivity contribution is 7.49. The number of hydrogen-bond donors (Lipinski definition) is 0. The lowest BCUT2D eigenvalue weighted by Gasteiger charge is -2.25. The first-order valence-corrected chi connectivity index (χ1v) is 21.4. The summed E-state index contributed by atoms with van der Waals surface area (Å²) in [6.45, 7) is -0.468. The lowest BCUT2D eigenvalue weighted by molar-refractivity contribution is 0.133. The zero-order chi connectivity index (χ0) is 40.9. The lowest BCUT2D eigenvalue weighted by atomic mass is 10.1. The Morgan fingerprint density at radius 2 is 0.949 bits per heavy atom. The van der Waals surface area contributed by atoms with Gasteiger partial charge in [-0.05, 0) is 52.1 Å². The maximum Gasteiger partial charge on any atom is 0.530 e. The molecule has 0 N–H and O–H groups in total. The molecule has 1 aliphatic rings. The minimum atomic E-state index is -4.56. The van der Waals surface area contributed by atoms with Gasteiger partial charge in [-0.25, -0.2) is 9.13 Å². The molecule has 0 amide bonds. The quantitative estimate of drug-likeness (QED) is 0.0536. The van der Waals surface area contributed by atoms with Crippen LogP contribution in [0.25, 0.3) is 12.2 Å². The summed E-state index contributed by atoms with van der Waals surface area (Å²) in [4.78, 5) is 0. The van der Waals surface area contributed by atoms with Crippen LogP contribution in [0.1, 0.15) is 33.4 Å². The largest absolute Gasteiger partial charge is 0.530 e. The number of hydrogen-bond acceptors (Lipinski definition) is 12. The molecule has 7 rings (SSSR count). The summed E-state index contributed by atoms with van der Waals surface area (Å²) >= 11 is 0. The van der Waals surface area contributed by atoms with Gasteiger partial charge in [0.25, 0.3) is 0 Å². The summed E-state index contributed by atoms with van der Waals surface area (Å²) in [5.41, 5.74) is 3.83. The van der Waals surface area contributed by atoms with E-state index in [9.17, 15) is 9.13 Å². The van der Waals surface area contributed by atoms with E-state index in [0.29, 0.717) is 50.6 Å². The van der Waals surface area contributed by atoms with E-state index in [1.54, 1.807) is 36.4 Å². The van der Waals surface area contributed by atoms with Crippen LogP contribution in [0.15, 0.2) is 146 Å². The van der Waals surface area contributed by atoms with Gasteiger partial charge in [0.05, 0.1) is 40.6 Å². The minimum Gasteiger partial charge on any atom is -0.493 e. The van der Waals surface area contributed by atoms with Gasteiger partial charge in [-0.2, -0.15) is 0 Å². The van der Waals surface area contributed by atoms with Crippen LogP contribution in [-0.4, -0.2) is 21.0 Å². The van der Waals surface area contributed by atoms with Crippen LogP contribution in [0, 0.1) is 0 Å². The SMILES string of the molecule is COc1cc(/C=C\c2ccc(OC)c(OP(=O)(OCc3ccccc3)OCc3ccccc3)c2OP(=O)(OCc2ccccc2)OCc2ccccc2)cc2c1OCO2. The second kappa shape index (κ2) is 19.7. The minimum absolute atomic E-state index is 0.0516. The van der Waals surface area contributed by atoms with Gasteiger partial charge in [0, 0.05) is 5.56 Å². The van der Waals surface area contributed by atoms with E-state index >= 15 is 0 Å². The third kappa shape index (κ3) is 11.2. The molecular weight excluding hydrogens is 794 g/mol. The summed E-state index contributed by atoms with van der Waals surface area (Å²) in [7, 11) is -6.18. The highest BCUT2D eigenvalue weighted by atomic mass is 31.2. The predicted octanol–water partition coefficient (Wildman–Crippen LogP) is 11.4. The van der Waals surface area contributed by atoms with Crippen LogP contribution in [0.3, 0.4) is 0 Å². The molecule has 6 aromatic rings. The maximum atomic E-state index is 14.9. The number of fused-ring (bicyclic) bond motifs is 1. The Balaban J connectivity index is 1.31. The molecule has 12 nitrogen and oxygen atoms in total. The van der Waals surface area contributed by atoms with E-state index < -0.39 is 15.6 Å². The fourth-order valence-corrected chi connectivity index (χ4v) is 8.18. The average molecular weight is 837 g/mol. The molecule has 59 heavy (non-hydrogen) atoms. The monoisotopic (exact) mass is 836 g/mol. The second-order valence-corrected chi connectivity index (χ2v) is 16.1. The molecule has 0 fully saturated rings. The van der Waals surface area contributed by atoms with Gasteiger partial charge in [-0.1, -0.05) is 133 Å². The molecule has 0 saturated carbocycles. The van der Waals surface area contributed by atoms with Crippen molar-refractivity contribution in [2.45, 2.75) is 26.4 Å². The summed E-state index contributed by atoms with van der Waals surface area (Å²) in [5.74, 6) is 1.09. The van der Waals surface area contributed by atoms with E-state index in [-0.39, 0.29) is 50.5 Å². The third-order valence-electron chi connectivity index (χ3n) is 8.80. The van der Waals surface area contributed by atoms with E-state index in [2.05, 4.69) is 0 Å². The number of ether oxygens (including phenoxy) is 4. The maximum absolute atomic E-state index is 14.9. The van der Waals surface area contributed by atoms with Gasteiger partial charge in [-0.3, -0.25) is 18.1 Å². The molecule has 0 aliphatic carbocycles. The molecule has 0 bridgehead atoms. The van der Waals surface area contributed by atoms with Crippen molar-refractivity contribution in [3.05, 3.63) is 179 Å². The van der Waals surface area contributed by atoms with Crippen molar-refractivity contribution >= 4 is 27.8 Å². The van der Waals surface area contributed by atoms with Crippen LogP contribution in [0.2, 0.25) is 0 Å². The predicted molar refractivity (Wildman–Crippen MR) is 222 cm³/mol. The standard InChI is InChI=1S/C45H42O12P2/c1-48-40-26-25-39(24-23-38-27-41(49-2)44-42(28-38)50-33-51-44)43(56-58(46,52-29-34-15-7-3-8-16-34)53-30-35-17-9-4-10-18-35)45(40)57-59(47,54-31-36-19-11-5-12-20-36)55-32-37-21-13-6-14-22-37/h3-28H,29-33H2,1-2H3/b24-23-. The van der Waals surface area contributed by atoms with Crippen molar-refractivity contribution < 1.29 is 55.2 Å². The van der Waals surface area contributed by atoms with Crippen LogP contribution < -0.4 is 28.0 Å². The Morgan fingerprint density at radius 1 is 0.508 bits per heavy atom. The van der Waals surface area contributed by atoms with Crippen molar-refractivity contribution in [3.8, 4) is 34.5 Å². The Hall–Kier alpha value is -5.84. The average Bonchev–Trinajstić information content (AvgIpc) is 3.77.